The molecule has 114 valence electrons. The second-order valence-corrected chi connectivity index (χ2v) is 6.09. The van der Waals surface area contributed by atoms with Crippen LogP contribution < -0.4 is 5.32 Å². The van der Waals surface area contributed by atoms with Crippen LogP contribution in [0, 0.1) is 12.8 Å². The lowest BCUT2D eigenvalue weighted by Crippen LogP contribution is -2.07. The smallest absolute Gasteiger partial charge is 0.139 e. The van der Waals surface area contributed by atoms with Crippen LogP contribution in [0.3, 0.4) is 0 Å². The van der Waals surface area contributed by atoms with Crippen LogP contribution in [-0.4, -0.2) is 20.9 Å². The van der Waals surface area contributed by atoms with Gasteiger partial charge in [-0.3, -0.25) is 9.38 Å². The molecule has 1 N–H and O–H groups in total. The van der Waals surface area contributed by atoms with Gasteiger partial charge in [-0.15, -0.1) is 0 Å². The van der Waals surface area contributed by atoms with Crippen molar-refractivity contribution in [2.75, 3.05) is 11.9 Å². The predicted molar refractivity (Wildman–Crippen MR) is 91.1 cm³/mol. The maximum Gasteiger partial charge on any atom is 0.139 e. The highest BCUT2D eigenvalue weighted by atomic mass is 15.1. The van der Waals surface area contributed by atoms with E-state index in [0.717, 1.165) is 35.7 Å². The van der Waals surface area contributed by atoms with Crippen LogP contribution in [0.25, 0.3) is 16.9 Å². The van der Waals surface area contributed by atoms with E-state index in [0.29, 0.717) is 5.92 Å². The van der Waals surface area contributed by atoms with Crippen molar-refractivity contribution in [3.63, 3.8) is 0 Å². The number of imidazole rings is 1. The highest BCUT2D eigenvalue weighted by Gasteiger charge is 2.14. The van der Waals surface area contributed by atoms with Crippen LogP contribution in [0.4, 0.5) is 5.82 Å². The fraction of sp³-hybridized carbons (Fsp3) is 0.333. The summed E-state index contributed by atoms with van der Waals surface area (Å²) in [6, 6.07) is 8.15. The first-order valence-corrected chi connectivity index (χ1v) is 7.78. The summed E-state index contributed by atoms with van der Waals surface area (Å²) < 4.78 is 2.14. The zero-order valence-corrected chi connectivity index (χ0v) is 13.4. The van der Waals surface area contributed by atoms with Crippen molar-refractivity contribution >= 4 is 11.5 Å². The van der Waals surface area contributed by atoms with Gasteiger partial charge in [-0.25, -0.2) is 4.98 Å². The third kappa shape index (κ3) is 2.96. The topological polar surface area (TPSA) is 42.2 Å². The summed E-state index contributed by atoms with van der Waals surface area (Å²) in [6.07, 6.45) is 6.91. The third-order valence-corrected chi connectivity index (χ3v) is 3.72. The van der Waals surface area contributed by atoms with Crippen LogP contribution in [0.5, 0.6) is 0 Å². The highest BCUT2D eigenvalue weighted by molar-refractivity contribution is 5.76. The van der Waals surface area contributed by atoms with Gasteiger partial charge in [0.15, 0.2) is 0 Å². The Kier molecular flexibility index (Phi) is 4.09. The van der Waals surface area contributed by atoms with Crippen molar-refractivity contribution in [1.29, 1.82) is 0 Å². The number of fused-ring (bicyclic) bond motifs is 1. The summed E-state index contributed by atoms with van der Waals surface area (Å²) in [5, 5.41) is 3.57. The lowest BCUT2D eigenvalue weighted by atomic mass is 10.1. The minimum Gasteiger partial charge on any atom is -0.369 e. The zero-order chi connectivity index (χ0) is 15.5. The molecule has 0 aromatic carbocycles. The quantitative estimate of drug-likeness (QED) is 0.768. The Bertz CT molecular complexity index is 759. The van der Waals surface area contributed by atoms with E-state index in [9.17, 15) is 0 Å². The Labute approximate surface area is 131 Å². The van der Waals surface area contributed by atoms with E-state index < -0.39 is 0 Å². The highest BCUT2D eigenvalue weighted by Crippen LogP contribution is 2.28. The van der Waals surface area contributed by atoms with Crippen molar-refractivity contribution in [3.05, 3.63) is 48.4 Å². The van der Waals surface area contributed by atoms with E-state index in [4.69, 9.17) is 4.98 Å². The van der Waals surface area contributed by atoms with Crippen molar-refractivity contribution in [2.24, 2.45) is 5.92 Å². The van der Waals surface area contributed by atoms with Crippen molar-refractivity contribution in [1.82, 2.24) is 14.4 Å². The van der Waals surface area contributed by atoms with Gasteiger partial charge in [-0.05, 0) is 43.0 Å². The van der Waals surface area contributed by atoms with E-state index in [1.807, 2.05) is 12.3 Å². The molecular formula is C18H22N4. The predicted octanol–water partition coefficient (Wildman–Crippen LogP) is 4.16. The van der Waals surface area contributed by atoms with E-state index in [-0.39, 0.29) is 0 Å². The van der Waals surface area contributed by atoms with Gasteiger partial charge in [-0.2, -0.15) is 0 Å². The van der Waals surface area contributed by atoms with E-state index in [2.05, 4.69) is 59.9 Å². The number of hydrogen-bond acceptors (Lipinski definition) is 3. The fourth-order valence-electron chi connectivity index (χ4n) is 2.50. The number of nitrogens with one attached hydrogen (secondary N) is 1. The summed E-state index contributed by atoms with van der Waals surface area (Å²) in [5.74, 6) is 1.72. The molecule has 3 aromatic rings. The van der Waals surface area contributed by atoms with Gasteiger partial charge in [0.05, 0.1) is 0 Å². The lowest BCUT2D eigenvalue weighted by molar-refractivity contribution is 0.606. The number of aromatic nitrogens is 3. The summed E-state index contributed by atoms with van der Waals surface area (Å²) in [7, 11) is 0. The average molecular weight is 294 g/mol. The van der Waals surface area contributed by atoms with E-state index in [1.165, 1.54) is 5.56 Å². The molecule has 0 aliphatic carbocycles. The molecule has 3 rings (SSSR count). The molecule has 3 aromatic heterocycles. The largest absolute Gasteiger partial charge is 0.369 e. The van der Waals surface area contributed by atoms with Crippen LogP contribution in [0.15, 0.2) is 42.9 Å². The Morgan fingerprint density at radius 2 is 2.09 bits per heavy atom. The molecule has 4 nitrogen and oxygen atoms in total. The van der Waals surface area contributed by atoms with Gasteiger partial charge < -0.3 is 5.32 Å². The second kappa shape index (κ2) is 6.18. The SMILES string of the molecule is Cc1ccc2nc(-c3cccnc3)c(NCCC(C)C)n2c1. The lowest BCUT2D eigenvalue weighted by Gasteiger charge is -2.10. The minimum absolute atomic E-state index is 0.676. The molecule has 0 amide bonds. The normalized spacial score (nSPS) is 11.3. The number of aryl methyl sites for hydroxylation is 1. The van der Waals surface area contributed by atoms with Crippen LogP contribution in [0.1, 0.15) is 25.8 Å². The summed E-state index contributed by atoms with van der Waals surface area (Å²) in [5.41, 5.74) is 4.17. The first-order valence-electron chi connectivity index (χ1n) is 7.78. The molecule has 0 aliphatic heterocycles. The Morgan fingerprint density at radius 1 is 1.23 bits per heavy atom. The Balaban J connectivity index is 2.06. The first-order chi connectivity index (χ1) is 10.6. The molecule has 0 saturated heterocycles. The molecule has 0 spiro atoms. The number of rotatable bonds is 5. The molecular weight excluding hydrogens is 272 g/mol. The van der Waals surface area contributed by atoms with Gasteiger partial charge in [0.1, 0.15) is 17.2 Å². The molecule has 22 heavy (non-hydrogen) atoms. The average Bonchev–Trinajstić information content (AvgIpc) is 2.86. The van der Waals surface area contributed by atoms with Crippen LogP contribution in [-0.2, 0) is 0 Å². The van der Waals surface area contributed by atoms with E-state index >= 15 is 0 Å². The zero-order valence-electron chi connectivity index (χ0n) is 13.4. The summed E-state index contributed by atoms with van der Waals surface area (Å²) >= 11 is 0. The molecule has 0 atom stereocenters. The monoisotopic (exact) mass is 294 g/mol. The number of anilines is 1. The van der Waals surface area contributed by atoms with Crippen LogP contribution >= 0.6 is 0 Å². The molecule has 0 aliphatic rings. The van der Waals surface area contributed by atoms with Gasteiger partial charge >= 0.3 is 0 Å². The molecule has 0 unspecified atom stereocenters. The standard InChI is InChI=1S/C18H22N4/c1-13(2)8-10-20-18-17(15-5-4-9-19-11-15)21-16-7-6-14(3)12-22(16)18/h4-7,9,11-13,20H,8,10H2,1-3H3. The van der Waals surface area contributed by atoms with Crippen molar-refractivity contribution < 1.29 is 0 Å². The molecule has 0 bridgehead atoms. The molecule has 0 radical (unpaired) electrons. The molecule has 0 saturated carbocycles. The first kappa shape index (κ1) is 14.6. The number of hydrogen-bond donors (Lipinski definition) is 1. The summed E-state index contributed by atoms with van der Waals surface area (Å²) in [4.78, 5) is 9.00. The maximum atomic E-state index is 4.78. The second-order valence-electron chi connectivity index (χ2n) is 6.09. The fourth-order valence-corrected chi connectivity index (χ4v) is 2.50. The molecule has 0 fully saturated rings. The van der Waals surface area contributed by atoms with Gasteiger partial charge in [0, 0.05) is 30.7 Å². The van der Waals surface area contributed by atoms with Gasteiger partial charge in [-0.1, -0.05) is 19.9 Å². The maximum absolute atomic E-state index is 4.78. The van der Waals surface area contributed by atoms with E-state index in [1.54, 1.807) is 6.20 Å². The number of pyridine rings is 2. The third-order valence-electron chi connectivity index (χ3n) is 3.72. The van der Waals surface area contributed by atoms with Crippen molar-refractivity contribution in [2.45, 2.75) is 27.2 Å². The van der Waals surface area contributed by atoms with Crippen LogP contribution in [0.2, 0.25) is 0 Å². The van der Waals surface area contributed by atoms with Gasteiger partial charge in [0.25, 0.3) is 0 Å². The number of nitrogens with zero attached hydrogens (tertiary/aromatic N) is 3. The minimum atomic E-state index is 0.676. The Morgan fingerprint density at radius 3 is 2.82 bits per heavy atom. The molecule has 3 heterocycles. The van der Waals surface area contributed by atoms with Gasteiger partial charge in [0.2, 0.25) is 0 Å². The Hall–Kier alpha value is -2.36. The summed E-state index contributed by atoms with van der Waals surface area (Å²) in [6.45, 7) is 7.51. The van der Waals surface area contributed by atoms with Crippen molar-refractivity contribution in [3.8, 4) is 11.3 Å². The molecule has 4 heteroatoms.